The number of hydrogen-bond acceptors (Lipinski definition) is 4. The number of fused-ring (bicyclic) bond motifs is 1. The first-order valence-corrected chi connectivity index (χ1v) is 3.75. The molecule has 5 nitrogen and oxygen atoms in total. The monoisotopic (exact) mass is 180 g/mol. The van der Waals surface area contributed by atoms with E-state index in [0.717, 1.165) is 6.08 Å². The molecule has 0 aromatic heterocycles. The van der Waals surface area contributed by atoms with Gasteiger partial charge in [0.05, 0.1) is 6.08 Å². The van der Waals surface area contributed by atoms with Crippen LogP contribution in [0.5, 0.6) is 0 Å². The van der Waals surface area contributed by atoms with Gasteiger partial charge in [-0.15, -0.1) is 0 Å². The number of hydrogen-bond donors (Lipinski definition) is 3. The number of carbonyl (C=O) groups is 1. The predicted molar refractivity (Wildman–Crippen MR) is 44.3 cm³/mol. The van der Waals surface area contributed by atoms with E-state index in [0.29, 0.717) is 0 Å². The fourth-order valence-electron chi connectivity index (χ4n) is 1.27. The Labute approximate surface area is 74.3 Å². The highest BCUT2D eigenvalue weighted by Crippen LogP contribution is 2.17. The molecule has 0 aromatic rings. The molecule has 5 heteroatoms. The maximum absolute atomic E-state index is 11.2. The van der Waals surface area contributed by atoms with Gasteiger partial charge in [0.2, 0.25) is 0 Å². The molecule has 0 radical (unpaired) electrons. The molecule has 2 heterocycles. The lowest BCUT2D eigenvalue weighted by atomic mass is 10.2. The Hall–Kier alpha value is -1.91. The van der Waals surface area contributed by atoms with Crippen LogP contribution in [-0.2, 0) is 4.79 Å². The van der Waals surface area contributed by atoms with E-state index < -0.39 is 6.17 Å². The minimum atomic E-state index is -0.678. The van der Waals surface area contributed by atoms with Crippen molar-refractivity contribution >= 4 is 5.91 Å². The largest absolute Gasteiger partial charge is 0.508 e. The van der Waals surface area contributed by atoms with Crippen LogP contribution in [0.15, 0.2) is 36.1 Å². The molecule has 13 heavy (non-hydrogen) atoms. The third-order valence-corrected chi connectivity index (χ3v) is 1.87. The lowest BCUT2D eigenvalue weighted by molar-refractivity contribution is -0.127. The van der Waals surface area contributed by atoms with Crippen molar-refractivity contribution in [3.05, 3.63) is 36.1 Å². The molecule has 0 bridgehead atoms. The highest BCUT2D eigenvalue weighted by atomic mass is 16.3. The van der Waals surface area contributed by atoms with Crippen molar-refractivity contribution in [1.82, 2.24) is 10.2 Å². The SMILES string of the molecule is O=C1C=C(O)NC2C(O)=CC=CN12. The fourth-order valence-corrected chi connectivity index (χ4v) is 1.27. The summed E-state index contributed by atoms with van der Waals surface area (Å²) in [5, 5.41) is 21.0. The Bertz CT molecular complexity index is 343. The van der Waals surface area contributed by atoms with Crippen molar-refractivity contribution < 1.29 is 15.0 Å². The van der Waals surface area contributed by atoms with Gasteiger partial charge in [-0.1, -0.05) is 0 Å². The van der Waals surface area contributed by atoms with Gasteiger partial charge in [0.25, 0.3) is 5.91 Å². The molecule has 0 saturated carbocycles. The second kappa shape index (κ2) is 2.55. The Kier molecular flexibility index (Phi) is 1.51. The van der Waals surface area contributed by atoms with E-state index in [1.807, 2.05) is 0 Å². The highest BCUT2D eigenvalue weighted by Gasteiger charge is 2.30. The van der Waals surface area contributed by atoms with E-state index in [2.05, 4.69) is 5.32 Å². The minimum absolute atomic E-state index is 0.00417. The average Bonchev–Trinajstić information content (AvgIpc) is 2.07. The number of aliphatic hydroxyl groups excluding tert-OH is 2. The van der Waals surface area contributed by atoms with Gasteiger partial charge in [-0.2, -0.15) is 0 Å². The zero-order valence-electron chi connectivity index (χ0n) is 6.64. The molecule has 0 saturated heterocycles. The van der Waals surface area contributed by atoms with Gasteiger partial charge in [-0.3, -0.25) is 9.69 Å². The molecule has 2 rings (SSSR count). The standard InChI is InChI=1S/C8H8N2O3/c11-5-2-1-3-10-7(13)4-6(12)9-8(5)10/h1-4,8-9,11-12H. The Morgan fingerprint density at radius 3 is 3.00 bits per heavy atom. The first-order chi connectivity index (χ1) is 6.18. The van der Waals surface area contributed by atoms with E-state index in [4.69, 9.17) is 5.11 Å². The van der Waals surface area contributed by atoms with E-state index in [-0.39, 0.29) is 17.5 Å². The maximum atomic E-state index is 11.2. The van der Waals surface area contributed by atoms with Crippen LogP contribution in [0, 0.1) is 0 Å². The molecule has 1 unspecified atom stereocenters. The lowest BCUT2D eigenvalue weighted by Gasteiger charge is -2.33. The number of amides is 1. The number of rotatable bonds is 0. The summed E-state index contributed by atoms with van der Waals surface area (Å²) in [5.41, 5.74) is 0. The molecule has 0 aliphatic carbocycles. The van der Waals surface area contributed by atoms with Crippen LogP contribution >= 0.6 is 0 Å². The Balaban J connectivity index is 2.36. The molecule has 1 atom stereocenters. The molecule has 2 aliphatic rings. The smallest absolute Gasteiger partial charge is 0.257 e. The van der Waals surface area contributed by atoms with Gasteiger partial charge in [0.1, 0.15) is 5.76 Å². The molecule has 0 fully saturated rings. The maximum Gasteiger partial charge on any atom is 0.257 e. The predicted octanol–water partition coefficient (Wildman–Crippen LogP) is 0.113. The quantitative estimate of drug-likeness (QED) is 0.494. The number of nitrogens with one attached hydrogen (secondary N) is 1. The van der Waals surface area contributed by atoms with Gasteiger partial charge in [0, 0.05) is 6.20 Å². The minimum Gasteiger partial charge on any atom is -0.508 e. The van der Waals surface area contributed by atoms with E-state index in [1.165, 1.54) is 17.2 Å². The number of nitrogens with zero attached hydrogens (tertiary/aromatic N) is 1. The zero-order valence-corrected chi connectivity index (χ0v) is 6.64. The average molecular weight is 180 g/mol. The highest BCUT2D eigenvalue weighted by molar-refractivity contribution is 5.90. The summed E-state index contributed by atoms with van der Waals surface area (Å²) in [4.78, 5) is 12.5. The third-order valence-electron chi connectivity index (χ3n) is 1.87. The van der Waals surface area contributed by atoms with Crippen molar-refractivity contribution in [2.45, 2.75) is 6.17 Å². The molecule has 0 aromatic carbocycles. The van der Waals surface area contributed by atoms with Gasteiger partial charge in [0.15, 0.2) is 12.0 Å². The van der Waals surface area contributed by atoms with Gasteiger partial charge < -0.3 is 15.5 Å². The molecule has 0 spiro atoms. The van der Waals surface area contributed by atoms with Crippen LogP contribution in [-0.4, -0.2) is 27.2 Å². The molecule has 1 amide bonds. The number of carbonyl (C=O) groups excluding carboxylic acids is 1. The summed E-state index contributed by atoms with van der Waals surface area (Å²) in [6, 6.07) is 0. The summed E-state index contributed by atoms with van der Waals surface area (Å²) < 4.78 is 0. The summed E-state index contributed by atoms with van der Waals surface area (Å²) >= 11 is 0. The number of aliphatic hydroxyl groups is 2. The van der Waals surface area contributed by atoms with Crippen LogP contribution in [0.1, 0.15) is 0 Å². The fraction of sp³-hybridized carbons (Fsp3) is 0.125. The van der Waals surface area contributed by atoms with Crippen LogP contribution < -0.4 is 5.32 Å². The molecular formula is C8H8N2O3. The van der Waals surface area contributed by atoms with Crippen LogP contribution in [0.3, 0.4) is 0 Å². The van der Waals surface area contributed by atoms with Crippen molar-refractivity contribution in [3.63, 3.8) is 0 Å². The first-order valence-electron chi connectivity index (χ1n) is 3.75. The number of allylic oxidation sites excluding steroid dienone is 2. The first kappa shape index (κ1) is 7.72. The topological polar surface area (TPSA) is 72.8 Å². The van der Waals surface area contributed by atoms with E-state index >= 15 is 0 Å². The Morgan fingerprint density at radius 2 is 2.23 bits per heavy atom. The lowest BCUT2D eigenvalue weighted by Crippen LogP contribution is -2.50. The molecule has 3 N–H and O–H groups in total. The van der Waals surface area contributed by atoms with Crippen molar-refractivity contribution in [3.8, 4) is 0 Å². The second-order valence-corrected chi connectivity index (χ2v) is 2.76. The summed E-state index contributed by atoms with van der Waals surface area (Å²) in [5.74, 6) is -0.603. The summed E-state index contributed by atoms with van der Waals surface area (Å²) in [7, 11) is 0. The molecule has 68 valence electrons. The zero-order chi connectivity index (χ0) is 9.42. The normalized spacial score (nSPS) is 26.0. The molecular weight excluding hydrogens is 172 g/mol. The van der Waals surface area contributed by atoms with E-state index in [1.54, 1.807) is 6.08 Å². The summed E-state index contributed by atoms with van der Waals surface area (Å²) in [6.07, 6.45) is 4.92. The van der Waals surface area contributed by atoms with Gasteiger partial charge >= 0.3 is 0 Å². The molecule has 2 aliphatic heterocycles. The van der Waals surface area contributed by atoms with Crippen LogP contribution in [0.25, 0.3) is 0 Å². The van der Waals surface area contributed by atoms with Crippen LogP contribution in [0.4, 0.5) is 0 Å². The van der Waals surface area contributed by atoms with Crippen molar-refractivity contribution in [2.24, 2.45) is 0 Å². The van der Waals surface area contributed by atoms with Gasteiger partial charge in [-0.05, 0) is 12.2 Å². The van der Waals surface area contributed by atoms with E-state index in [9.17, 15) is 9.90 Å². The third kappa shape index (κ3) is 1.14. The van der Waals surface area contributed by atoms with Gasteiger partial charge in [-0.25, -0.2) is 0 Å². The van der Waals surface area contributed by atoms with Crippen molar-refractivity contribution in [2.75, 3.05) is 0 Å². The summed E-state index contributed by atoms with van der Waals surface area (Å²) in [6.45, 7) is 0. The van der Waals surface area contributed by atoms with Crippen molar-refractivity contribution in [1.29, 1.82) is 0 Å². The van der Waals surface area contributed by atoms with Crippen LogP contribution in [0.2, 0.25) is 0 Å². The Morgan fingerprint density at radius 1 is 1.46 bits per heavy atom. The second-order valence-electron chi connectivity index (χ2n) is 2.76.